The molecule has 0 aromatic rings. The van der Waals surface area contributed by atoms with Crippen LogP contribution in [0.4, 0.5) is 0 Å². The Bertz CT molecular complexity index is 525. The summed E-state index contributed by atoms with van der Waals surface area (Å²) >= 11 is 0. The predicted octanol–water partition coefficient (Wildman–Crippen LogP) is 1.60. The number of rotatable bonds is 6. The van der Waals surface area contributed by atoms with Crippen LogP contribution in [0.25, 0.3) is 0 Å². The monoisotopic (exact) mass is 319 g/mol. The molecule has 1 heterocycles. The van der Waals surface area contributed by atoms with Gasteiger partial charge in [0, 0.05) is 38.1 Å². The molecule has 1 aliphatic carbocycles. The minimum absolute atomic E-state index is 0.0356. The molecule has 6 heteroatoms. The zero-order valence-corrected chi connectivity index (χ0v) is 14.0. The molecule has 0 bridgehead atoms. The third-order valence-corrected chi connectivity index (χ3v) is 4.41. The Balaban J connectivity index is 2.13. The molecule has 6 nitrogen and oxygen atoms in total. The van der Waals surface area contributed by atoms with E-state index in [1.807, 2.05) is 24.8 Å². The number of nitrogens with one attached hydrogen (secondary N) is 2. The highest BCUT2D eigenvalue weighted by atomic mass is 16.5. The summed E-state index contributed by atoms with van der Waals surface area (Å²) in [6.07, 6.45) is 7.05. The topological polar surface area (TPSA) is 85.7 Å². The number of hydrogen-bond donors (Lipinski definition) is 3. The molecule has 3 N–H and O–H groups in total. The molecule has 1 saturated heterocycles. The van der Waals surface area contributed by atoms with Crippen molar-refractivity contribution in [3.63, 3.8) is 0 Å². The highest BCUT2D eigenvalue weighted by Crippen LogP contribution is 2.22. The minimum Gasteiger partial charge on any atom is -0.758 e. The average Bonchev–Trinajstić information content (AvgIpc) is 2.56. The molecule has 0 amide bonds. The number of allylic oxidation sites excluding steroid dienone is 5. The molecule has 0 aromatic heterocycles. The second-order valence-electron chi connectivity index (χ2n) is 6.20. The van der Waals surface area contributed by atoms with Gasteiger partial charge in [0.1, 0.15) is 0 Å². The molecular formula is C17H27N4O2-. The van der Waals surface area contributed by atoms with Crippen molar-refractivity contribution in [2.24, 2.45) is 0 Å². The Kier molecular flexibility index (Phi) is 6.38. The van der Waals surface area contributed by atoms with Crippen LogP contribution in [0.1, 0.15) is 26.7 Å². The van der Waals surface area contributed by atoms with E-state index in [0.29, 0.717) is 6.54 Å². The Morgan fingerprint density at radius 3 is 3.04 bits per heavy atom. The fourth-order valence-electron chi connectivity index (χ4n) is 3.13. The van der Waals surface area contributed by atoms with Crippen LogP contribution in [0.3, 0.4) is 0 Å². The van der Waals surface area contributed by atoms with Crippen LogP contribution in [0, 0.1) is 10.6 Å². The number of aliphatic hydroxyl groups excluding tert-OH is 1. The van der Waals surface area contributed by atoms with E-state index in [0.717, 1.165) is 53.5 Å². The first-order valence-corrected chi connectivity index (χ1v) is 8.17. The highest BCUT2D eigenvalue weighted by molar-refractivity contribution is 5.76. The van der Waals surface area contributed by atoms with Gasteiger partial charge >= 0.3 is 0 Å². The van der Waals surface area contributed by atoms with E-state index in [2.05, 4.69) is 11.4 Å². The fraction of sp³-hybridized carbons (Fsp3) is 0.588. The van der Waals surface area contributed by atoms with E-state index < -0.39 is 0 Å². The Hall–Kier alpha value is -1.63. The lowest BCUT2D eigenvalue weighted by Crippen LogP contribution is -2.52. The molecule has 1 fully saturated rings. The summed E-state index contributed by atoms with van der Waals surface area (Å²) in [5.74, 6) is 0. The second-order valence-corrected chi connectivity index (χ2v) is 6.20. The van der Waals surface area contributed by atoms with Crippen LogP contribution in [0.5, 0.6) is 0 Å². The Labute approximate surface area is 138 Å². The molecule has 0 aromatic carbocycles. The summed E-state index contributed by atoms with van der Waals surface area (Å²) < 4.78 is 0. The van der Waals surface area contributed by atoms with Crippen LogP contribution in [0.2, 0.25) is 0 Å². The first kappa shape index (κ1) is 17.7. The van der Waals surface area contributed by atoms with Gasteiger partial charge in [-0.05, 0) is 38.3 Å². The van der Waals surface area contributed by atoms with Crippen LogP contribution in [-0.4, -0.2) is 60.1 Å². The van der Waals surface area contributed by atoms with Gasteiger partial charge in [-0.1, -0.05) is 11.6 Å². The number of aliphatic hydroxyl groups is 1. The van der Waals surface area contributed by atoms with Gasteiger partial charge in [-0.15, -0.1) is 0 Å². The lowest BCUT2D eigenvalue weighted by Gasteiger charge is -2.40. The highest BCUT2D eigenvalue weighted by Gasteiger charge is 2.23. The molecule has 1 atom stereocenters. The van der Waals surface area contributed by atoms with Crippen molar-refractivity contribution in [3.05, 3.63) is 39.9 Å². The summed E-state index contributed by atoms with van der Waals surface area (Å²) in [4.78, 5) is 2.03. The van der Waals surface area contributed by atoms with Crippen LogP contribution >= 0.6 is 0 Å². The van der Waals surface area contributed by atoms with E-state index in [-0.39, 0.29) is 19.2 Å². The normalized spacial score (nSPS) is 23.0. The Morgan fingerprint density at radius 1 is 1.61 bits per heavy atom. The van der Waals surface area contributed by atoms with Gasteiger partial charge in [-0.25, -0.2) is 0 Å². The maximum Gasteiger partial charge on any atom is 0.0647 e. The fourth-order valence-corrected chi connectivity index (χ4v) is 3.13. The summed E-state index contributed by atoms with van der Waals surface area (Å²) in [5, 5.41) is 34.0. The van der Waals surface area contributed by atoms with Crippen molar-refractivity contribution < 1.29 is 5.11 Å². The van der Waals surface area contributed by atoms with Gasteiger partial charge in [0.15, 0.2) is 0 Å². The molecule has 0 radical (unpaired) electrons. The van der Waals surface area contributed by atoms with E-state index in [1.54, 1.807) is 0 Å². The molecule has 23 heavy (non-hydrogen) atoms. The summed E-state index contributed by atoms with van der Waals surface area (Å²) in [6, 6.07) is -0.0468. The van der Waals surface area contributed by atoms with Gasteiger partial charge in [-0.2, -0.15) is 0 Å². The summed E-state index contributed by atoms with van der Waals surface area (Å²) in [7, 11) is 0. The third-order valence-electron chi connectivity index (χ3n) is 4.41. The third kappa shape index (κ3) is 4.43. The quantitative estimate of drug-likeness (QED) is 0.511. The maximum atomic E-state index is 12.4. The van der Waals surface area contributed by atoms with E-state index in [9.17, 15) is 10.3 Å². The lowest BCUT2D eigenvalue weighted by atomic mass is 10.0. The van der Waals surface area contributed by atoms with E-state index in [1.165, 1.54) is 6.21 Å². The standard InChI is InChI=1S/C17H27N4O2/c1-13-4-3-5-15(8-13)21(23)11-14(2)17(9-18)20-7-6-19-10-16(20)12-22/h4,8-9,16,18-19,22H,3,5-7,10-12H2,1-2H3/q-1/b17-14+,18-9?. The smallest absolute Gasteiger partial charge is 0.0647 e. The summed E-state index contributed by atoms with van der Waals surface area (Å²) in [5.41, 5.74) is 3.54. The van der Waals surface area contributed by atoms with Crippen LogP contribution in [-0.2, 0) is 0 Å². The predicted molar refractivity (Wildman–Crippen MR) is 93.1 cm³/mol. The second kappa shape index (κ2) is 8.29. The maximum absolute atomic E-state index is 12.4. The van der Waals surface area contributed by atoms with Crippen molar-refractivity contribution in [1.82, 2.24) is 15.3 Å². The van der Waals surface area contributed by atoms with E-state index >= 15 is 0 Å². The number of hydroxylamine groups is 2. The van der Waals surface area contributed by atoms with Gasteiger partial charge in [0.25, 0.3) is 0 Å². The molecule has 1 unspecified atom stereocenters. The van der Waals surface area contributed by atoms with Crippen molar-refractivity contribution in [1.29, 1.82) is 5.41 Å². The number of piperazine rings is 1. The van der Waals surface area contributed by atoms with Gasteiger partial charge in [-0.3, -0.25) is 0 Å². The van der Waals surface area contributed by atoms with Gasteiger partial charge < -0.3 is 31.0 Å². The minimum atomic E-state index is -0.0468. The largest absolute Gasteiger partial charge is 0.758 e. The lowest BCUT2D eigenvalue weighted by molar-refractivity contribution is 0.135. The number of hydrogen-bond acceptors (Lipinski definition) is 6. The first-order chi connectivity index (χ1) is 11.1. The number of nitrogens with zero attached hydrogens (tertiary/aromatic N) is 2. The van der Waals surface area contributed by atoms with Crippen LogP contribution < -0.4 is 5.32 Å². The zero-order valence-electron chi connectivity index (χ0n) is 14.0. The van der Waals surface area contributed by atoms with Crippen LogP contribution in [0.15, 0.2) is 34.7 Å². The van der Waals surface area contributed by atoms with Gasteiger partial charge in [0.2, 0.25) is 0 Å². The zero-order chi connectivity index (χ0) is 16.8. The molecule has 0 saturated carbocycles. The average molecular weight is 319 g/mol. The van der Waals surface area contributed by atoms with E-state index in [4.69, 9.17) is 5.41 Å². The van der Waals surface area contributed by atoms with Crippen molar-refractivity contribution >= 4 is 6.21 Å². The first-order valence-electron chi connectivity index (χ1n) is 8.17. The molecule has 128 valence electrons. The SMILES string of the molecule is CC1=CCCC(N([O-])C/C(C)=C(\C=N)N2CCNCC2CO)=C1. The van der Waals surface area contributed by atoms with Crippen molar-refractivity contribution in [3.8, 4) is 0 Å². The summed E-state index contributed by atoms with van der Waals surface area (Å²) in [6.45, 7) is 6.43. The van der Waals surface area contributed by atoms with Crippen molar-refractivity contribution in [2.75, 3.05) is 32.8 Å². The molecule has 2 rings (SSSR count). The molecule has 2 aliphatic rings. The molecule has 0 spiro atoms. The Morgan fingerprint density at radius 2 is 2.39 bits per heavy atom. The molecule has 1 aliphatic heterocycles. The van der Waals surface area contributed by atoms with Crippen molar-refractivity contribution in [2.45, 2.75) is 32.7 Å². The molecular weight excluding hydrogens is 292 g/mol. The van der Waals surface area contributed by atoms with Gasteiger partial charge in [0.05, 0.1) is 18.3 Å².